The van der Waals surface area contributed by atoms with Crippen molar-refractivity contribution >= 4 is 17.3 Å². The van der Waals surface area contributed by atoms with Gasteiger partial charge in [-0.3, -0.25) is 4.90 Å². The summed E-state index contributed by atoms with van der Waals surface area (Å²) in [5, 5.41) is 7.45. The van der Waals surface area contributed by atoms with Crippen molar-refractivity contribution in [1.82, 2.24) is 15.5 Å². The molecule has 0 spiro atoms. The van der Waals surface area contributed by atoms with E-state index in [4.69, 9.17) is 17.0 Å². The minimum absolute atomic E-state index is 0.495. The van der Waals surface area contributed by atoms with E-state index in [1.165, 1.54) is 5.56 Å². The average molecular weight is 321 g/mol. The maximum Gasteiger partial charge on any atom is 0.166 e. The molecule has 0 saturated carbocycles. The lowest BCUT2D eigenvalue weighted by atomic mass is 10.0. The molecule has 1 heterocycles. The van der Waals surface area contributed by atoms with Gasteiger partial charge in [0.2, 0.25) is 0 Å². The first-order valence-corrected chi connectivity index (χ1v) is 8.48. The number of hydrogen-bond acceptors (Lipinski definition) is 3. The lowest BCUT2D eigenvalue weighted by molar-refractivity contribution is 0.194. The van der Waals surface area contributed by atoms with Crippen LogP contribution in [0.15, 0.2) is 30.3 Å². The molecule has 1 saturated heterocycles. The van der Waals surface area contributed by atoms with E-state index in [2.05, 4.69) is 45.9 Å². The van der Waals surface area contributed by atoms with Gasteiger partial charge in [0.1, 0.15) is 0 Å². The Hall–Kier alpha value is -1.17. The summed E-state index contributed by atoms with van der Waals surface area (Å²) >= 11 is 5.34. The van der Waals surface area contributed by atoms with Crippen LogP contribution in [0.5, 0.6) is 0 Å². The van der Waals surface area contributed by atoms with Gasteiger partial charge in [-0.2, -0.15) is 0 Å². The van der Waals surface area contributed by atoms with Crippen LogP contribution in [0.4, 0.5) is 0 Å². The number of nitrogens with one attached hydrogen (secondary N) is 2. The van der Waals surface area contributed by atoms with E-state index in [1.807, 2.05) is 0 Å². The van der Waals surface area contributed by atoms with Crippen molar-refractivity contribution in [3.63, 3.8) is 0 Å². The second kappa shape index (κ2) is 9.77. The van der Waals surface area contributed by atoms with Gasteiger partial charge in [0.25, 0.3) is 0 Å². The average Bonchev–Trinajstić information content (AvgIpc) is 2.54. The Bertz CT molecular complexity index is 433. The van der Waals surface area contributed by atoms with E-state index < -0.39 is 0 Å². The van der Waals surface area contributed by atoms with Crippen molar-refractivity contribution in [3.8, 4) is 0 Å². The maximum absolute atomic E-state index is 5.34. The highest BCUT2D eigenvalue weighted by atomic mass is 32.1. The highest BCUT2D eigenvalue weighted by Crippen LogP contribution is 2.13. The van der Waals surface area contributed by atoms with Crippen molar-refractivity contribution in [2.45, 2.75) is 31.8 Å². The summed E-state index contributed by atoms with van der Waals surface area (Å²) < 4.78 is 5.03. The third-order valence-electron chi connectivity index (χ3n) is 3.98. The highest BCUT2D eigenvalue weighted by molar-refractivity contribution is 7.80. The topological polar surface area (TPSA) is 36.5 Å². The number of benzene rings is 1. The zero-order chi connectivity index (χ0) is 15.6. The van der Waals surface area contributed by atoms with Crippen LogP contribution in [0, 0.1) is 0 Å². The summed E-state index contributed by atoms with van der Waals surface area (Å²) in [6.07, 6.45) is 3.27. The van der Waals surface area contributed by atoms with E-state index in [0.29, 0.717) is 6.04 Å². The smallest absolute Gasteiger partial charge is 0.166 e. The molecule has 0 unspecified atom stereocenters. The highest BCUT2D eigenvalue weighted by Gasteiger charge is 2.19. The van der Waals surface area contributed by atoms with Crippen LogP contribution in [-0.2, 0) is 11.3 Å². The Kier molecular flexibility index (Phi) is 7.63. The molecule has 22 heavy (non-hydrogen) atoms. The fourth-order valence-electron chi connectivity index (χ4n) is 2.73. The number of nitrogens with zero attached hydrogens (tertiary/aromatic N) is 1. The number of ether oxygens (including phenoxy) is 1. The number of rotatable bonds is 7. The van der Waals surface area contributed by atoms with Crippen LogP contribution in [0.25, 0.3) is 0 Å². The molecule has 1 aliphatic rings. The van der Waals surface area contributed by atoms with Gasteiger partial charge < -0.3 is 15.4 Å². The Morgan fingerprint density at radius 2 is 2.00 bits per heavy atom. The molecule has 0 atom stereocenters. The predicted octanol–water partition coefficient (Wildman–Crippen LogP) is 2.15. The fourth-order valence-corrected chi connectivity index (χ4v) is 3.00. The molecule has 1 aliphatic heterocycles. The molecule has 122 valence electrons. The molecule has 0 aromatic heterocycles. The lowest BCUT2D eigenvalue weighted by Gasteiger charge is -2.33. The van der Waals surface area contributed by atoms with Gasteiger partial charge in [-0.05, 0) is 37.0 Å². The minimum Gasteiger partial charge on any atom is -0.385 e. The first-order valence-electron chi connectivity index (χ1n) is 8.07. The summed E-state index contributed by atoms with van der Waals surface area (Å²) in [7, 11) is 1.72. The third kappa shape index (κ3) is 6.30. The molecule has 1 aromatic carbocycles. The van der Waals surface area contributed by atoms with Gasteiger partial charge in [0, 0.05) is 45.9 Å². The number of methoxy groups -OCH3 is 1. The SMILES string of the molecule is COCCCNC(=S)NC1CCN(Cc2ccccc2)CC1. The first-order chi connectivity index (χ1) is 10.8. The molecule has 1 aromatic rings. The number of thiocarbonyl (C=S) groups is 1. The second-order valence-corrected chi connectivity index (χ2v) is 6.19. The Labute approximate surface area is 139 Å². The summed E-state index contributed by atoms with van der Waals surface area (Å²) in [6, 6.07) is 11.2. The summed E-state index contributed by atoms with van der Waals surface area (Å²) in [5.41, 5.74) is 1.39. The maximum atomic E-state index is 5.34. The monoisotopic (exact) mass is 321 g/mol. The zero-order valence-corrected chi connectivity index (χ0v) is 14.2. The standard InChI is InChI=1S/C17H27N3OS/c1-21-13-5-10-18-17(22)19-16-8-11-20(12-9-16)14-15-6-3-2-4-7-15/h2-4,6-7,16H,5,8-14H2,1H3,(H2,18,19,22). The van der Waals surface area contributed by atoms with Crippen molar-refractivity contribution in [1.29, 1.82) is 0 Å². The summed E-state index contributed by atoms with van der Waals surface area (Å²) in [5.74, 6) is 0. The Morgan fingerprint density at radius 1 is 1.27 bits per heavy atom. The van der Waals surface area contributed by atoms with Crippen molar-refractivity contribution < 1.29 is 4.74 Å². The van der Waals surface area contributed by atoms with E-state index in [-0.39, 0.29) is 0 Å². The Balaban J connectivity index is 1.61. The molecule has 4 nitrogen and oxygen atoms in total. The van der Waals surface area contributed by atoms with Gasteiger partial charge in [-0.1, -0.05) is 30.3 Å². The van der Waals surface area contributed by atoms with Crippen LogP contribution in [0.3, 0.4) is 0 Å². The van der Waals surface area contributed by atoms with Crippen LogP contribution in [0.1, 0.15) is 24.8 Å². The largest absolute Gasteiger partial charge is 0.385 e. The molecule has 2 N–H and O–H groups in total. The van der Waals surface area contributed by atoms with E-state index in [0.717, 1.165) is 57.2 Å². The molecular weight excluding hydrogens is 294 g/mol. The van der Waals surface area contributed by atoms with Crippen LogP contribution < -0.4 is 10.6 Å². The molecule has 0 aliphatic carbocycles. The molecule has 2 rings (SSSR count). The molecule has 0 bridgehead atoms. The fraction of sp³-hybridized carbons (Fsp3) is 0.588. The number of piperidine rings is 1. The number of likely N-dealkylation sites (tertiary alicyclic amines) is 1. The van der Waals surface area contributed by atoms with E-state index in [1.54, 1.807) is 7.11 Å². The second-order valence-electron chi connectivity index (χ2n) is 5.78. The predicted molar refractivity (Wildman–Crippen MR) is 95.0 cm³/mol. The summed E-state index contributed by atoms with van der Waals surface area (Å²) in [6.45, 7) is 4.94. The molecule has 1 fully saturated rings. The first kappa shape index (κ1) is 17.2. The van der Waals surface area contributed by atoms with E-state index >= 15 is 0 Å². The van der Waals surface area contributed by atoms with Gasteiger partial charge in [0.15, 0.2) is 5.11 Å². The van der Waals surface area contributed by atoms with Gasteiger partial charge in [-0.15, -0.1) is 0 Å². The zero-order valence-electron chi connectivity index (χ0n) is 13.4. The quantitative estimate of drug-likeness (QED) is 0.594. The van der Waals surface area contributed by atoms with Crippen molar-refractivity contribution in [2.24, 2.45) is 0 Å². The van der Waals surface area contributed by atoms with Crippen molar-refractivity contribution in [2.75, 3.05) is 33.4 Å². The van der Waals surface area contributed by atoms with Gasteiger partial charge in [0.05, 0.1) is 0 Å². The normalized spacial score (nSPS) is 16.4. The van der Waals surface area contributed by atoms with Crippen LogP contribution >= 0.6 is 12.2 Å². The lowest BCUT2D eigenvalue weighted by Crippen LogP contribution is -2.47. The molecule has 0 amide bonds. The van der Waals surface area contributed by atoms with Crippen LogP contribution in [-0.4, -0.2) is 49.4 Å². The van der Waals surface area contributed by atoms with Crippen molar-refractivity contribution in [3.05, 3.63) is 35.9 Å². The minimum atomic E-state index is 0.495. The molecular formula is C17H27N3OS. The third-order valence-corrected chi connectivity index (χ3v) is 4.24. The Morgan fingerprint density at radius 3 is 2.68 bits per heavy atom. The van der Waals surface area contributed by atoms with E-state index in [9.17, 15) is 0 Å². The molecule has 5 heteroatoms. The molecule has 0 radical (unpaired) electrons. The number of hydrogen-bond donors (Lipinski definition) is 2. The van der Waals surface area contributed by atoms with Crippen LogP contribution in [0.2, 0.25) is 0 Å². The van der Waals surface area contributed by atoms with Gasteiger partial charge in [-0.25, -0.2) is 0 Å². The van der Waals surface area contributed by atoms with Gasteiger partial charge >= 0.3 is 0 Å². The summed E-state index contributed by atoms with van der Waals surface area (Å²) in [4.78, 5) is 2.52.